The Labute approximate surface area is 106 Å². The van der Waals surface area contributed by atoms with Gasteiger partial charge >= 0.3 is 6.18 Å². The highest BCUT2D eigenvalue weighted by Crippen LogP contribution is 2.23. The summed E-state index contributed by atoms with van der Waals surface area (Å²) < 4.78 is 36.0. The zero-order valence-corrected chi connectivity index (χ0v) is 10.7. The molecule has 1 N–H and O–H groups in total. The van der Waals surface area contributed by atoms with Gasteiger partial charge in [0.1, 0.15) is 0 Å². The molecule has 1 amide bonds. The molecular formula is C12H21F3N2O. The molecule has 18 heavy (non-hydrogen) atoms. The monoisotopic (exact) mass is 266 g/mol. The molecule has 0 aromatic heterocycles. The summed E-state index contributed by atoms with van der Waals surface area (Å²) in [6, 6.07) is 0. The van der Waals surface area contributed by atoms with Gasteiger partial charge in [-0.2, -0.15) is 13.2 Å². The van der Waals surface area contributed by atoms with Crippen LogP contribution >= 0.6 is 0 Å². The van der Waals surface area contributed by atoms with Crippen LogP contribution in [0.4, 0.5) is 13.2 Å². The van der Waals surface area contributed by atoms with Crippen LogP contribution in [0.1, 0.15) is 32.6 Å². The fraction of sp³-hybridized carbons (Fsp3) is 0.917. The smallest absolute Gasteiger partial charge is 0.343 e. The number of likely N-dealkylation sites (tertiary alicyclic amines) is 1. The molecule has 106 valence electrons. The number of piperidine rings is 1. The Morgan fingerprint density at radius 1 is 1.33 bits per heavy atom. The van der Waals surface area contributed by atoms with E-state index in [1.54, 1.807) is 4.90 Å². The summed E-state index contributed by atoms with van der Waals surface area (Å²) in [6.45, 7) is 5.07. The lowest BCUT2D eigenvalue weighted by atomic mass is 9.96. The molecule has 1 rings (SSSR count). The predicted molar refractivity (Wildman–Crippen MR) is 63.1 cm³/mol. The average Bonchev–Trinajstić information content (AvgIpc) is 2.33. The Bertz CT molecular complexity index is 261. The van der Waals surface area contributed by atoms with Gasteiger partial charge in [-0.15, -0.1) is 0 Å². The number of hydrogen-bond donors (Lipinski definition) is 1. The normalized spacial score (nSPS) is 18.1. The fourth-order valence-corrected chi connectivity index (χ4v) is 2.14. The molecule has 1 fully saturated rings. The van der Waals surface area contributed by atoms with E-state index in [1.165, 1.54) is 0 Å². The van der Waals surface area contributed by atoms with Gasteiger partial charge < -0.3 is 10.2 Å². The number of carbonyl (C=O) groups excluding carboxylic acids is 1. The maximum atomic E-state index is 12.0. The van der Waals surface area contributed by atoms with Crippen LogP contribution in [0.2, 0.25) is 0 Å². The predicted octanol–water partition coefficient (Wildman–Crippen LogP) is 2.18. The maximum absolute atomic E-state index is 12.0. The molecule has 0 unspecified atom stereocenters. The Morgan fingerprint density at radius 2 is 1.94 bits per heavy atom. The number of hydrogen-bond acceptors (Lipinski definition) is 2. The first-order valence-electron chi connectivity index (χ1n) is 6.47. The number of carbonyl (C=O) groups is 1. The van der Waals surface area contributed by atoms with Gasteiger partial charge in [0.2, 0.25) is 5.91 Å². The minimum Gasteiger partial charge on any atom is -0.343 e. The molecule has 0 aliphatic carbocycles. The van der Waals surface area contributed by atoms with Crippen LogP contribution in [0.15, 0.2) is 0 Å². The van der Waals surface area contributed by atoms with Crippen LogP contribution in [0.3, 0.4) is 0 Å². The van der Waals surface area contributed by atoms with Gasteiger partial charge in [0.25, 0.3) is 0 Å². The van der Waals surface area contributed by atoms with Crippen LogP contribution < -0.4 is 5.32 Å². The summed E-state index contributed by atoms with van der Waals surface area (Å²) in [7, 11) is 0. The summed E-state index contributed by atoms with van der Waals surface area (Å²) in [6.07, 6.45) is -3.90. The van der Waals surface area contributed by atoms with E-state index in [1.807, 2.05) is 6.92 Å². The minimum absolute atomic E-state index is 0.366. The van der Waals surface area contributed by atoms with Crippen molar-refractivity contribution in [3.63, 3.8) is 0 Å². The molecule has 0 aromatic carbocycles. The van der Waals surface area contributed by atoms with E-state index in [0.717, 1.165) is 25.9 Å². The Kier molecular flexibility index (Phi) is 5.91. The number of amides is 1. The highest BCUT2D eigenvalue weighted by Gasteiger charge is 2.30. The van der Waals surface area contributed by atoms with Gasteiger partial charge in [-0.05, 0) is 31.8 Å². The lowest BCUT2D eigenvalue weighted by Gasteiger charge is -2.32. The lowest BCUT2D eigenvalue weighted by Crippen LogP contribution is -2.41. The molecule has 0 spiro atoms. The van der Waals surface area contributed by atoms with Gasteiger partial charge in [0, 0.05) is 19.5 Å². The van der Waals surface area contributed by atoms with Crippen molar-refractivity contribution in [1.29, 1.82) is 0 Å². The number of nitrogens with one attached hydrogen (secondary N) is 1. The van der Waals surface area contributed by atoms with Gasteiger partial charge in [0.15, 0.2) is 0 Å². The molecule has 1 saturated heterocycles. The summed E-state index contributed by atoms with van der Waals surface area (Å²) >= 11 is 0. The van der Waals surface area contributed by atoms with Crippen molar-refractivity contribution in [2.75, 3.05) is 26.2 Å². The van der Waals surface area contributed by atoms with E-state index >= 15 is 0 Å². The third-order valence-electron chi connectivity index (χ3n) is 3.27. The summed E-state index contributed by atoms with van der Waals surface area (Å²) in [5.41, 5.74) is 0. The molecule has 0 bridgehead atoms. The first-order chi connectivity index (χ1) is 8.42. The Morgan fingerprint density at radius 3 is 2.44 bits per heavy atom. The van der Waals surface area contributed by atoms with Crippen molar-refractivity contribution in [2.24, 2.45) is 5.92 Å². The van der Waals surface area contributed by atoms with E-state index < -0.39 is 19.0 Å². The fourth-order valence-electron chi connectivity index (χ4n) is 2.14. The van der Waals surface area contributed by atoms with Gasteiger partial charge in [0.05, 0.1) is 6.42 Å². The number of halogens is 3. The molecular weight excluding hydrogens is 245 g/mol. The molecule has 6 heteroatoms. The van der Waals surface area contributed by atoms with E-state index in [0.29, 0.717) is 19.0 Å². The first kappa shape index (κ1) is 15.3. The quantitative estimate of drug-likeness (QED) is 0.827. The minimum atomic E-state index is -4.24. The molecule has 0 atom stereocenters. The number of nitrogens with zero attached hydrogens (tertiary/aromatic N) is 1. The second-order valence-electron chi connectivity index (χ2n) is 4.75. The van der Waals surface area contributed by atoms with E-state index in [-0.39, 0.29) is 5.91 Å². The summed E-state index contributed by atoms with van der Waals surface area (Å²) in [5.74, 6) is 0.172. The topological polar surface area (TPSA) is 32.3 Å². The maximum Gasteiger partial charge on any atom is 0.389 e. The standard InChI is InChI=1S/C12H21F3N2O/c1-2-16-9-10-4-7-17(8-5-10)11(18)3-6-12(13,14)15/h10,16H,2-9H2,1H3. The molecule has 0 radical (unpaired) electrons. The van der Waals surface area contributed by atoms with E-state index in [4.69, 9.17) is 0 Å². The highest BCUT2D eigenvalue weighted by atomic mass is 19.4. The number of alkyl halides is 3. The van der Waals surface area contributed by atoms with Crippen molar-refractivity contribution in [3.05, 3.63) is 0 Å². The number of rotatable bonds is 5. The van der Waals surface area contributed by atoms with Gasteiger partial charge in [-0.3, -0.25) is 4.79 Å². The molecule has 1 aliphatic rings. The van der Waals surface area contributed by atoms with Crippen LogP contribution in [0.5, 0.6) is 0 Å². The van der Waals surface area contributed by atoms with Crippen LogP contribution in [0.25, 0.3) is 0 Å². The third kappa shape index (κ3) is 5.71. The molecule has 3 nitrogen and oxygen atoms in total. The second-order valence-corrected chi connectivity index (χ2v) is 4.75. The third-order valence-corrected chi connectivity index (χ3v) is 3.27. The van der Waals surface area contributed by atoms with Crippen molar-refractivity contribution < 1.29 is 18.0 Å². The van der Waals surface area contributed by atoms with Crippen molar-refractivity contribution in [3.8, 4) is 0 Å². The van der Waals surface area contributed by atoms with E-state index in [2.05, 4.69) is 5.32 Å². The highest BCUT2D eigenvalue weighted by molar-refractivity contribution is 5.76. The molecule has 0 saturated carbocycles. The van der Waals surface area contributed by atoms with Crippen LogP contribution in [-0.2, 0) is 4.79 Å². The lowest BCUT2D eigenvalue weighted by molar-refractivity contribution is -0.149. The summed E-state index contributed by atoms with van der Waals surface area (Å²) in [5, 5.41) is 3.25. The second kappa shape index (κ2) is 6.97. The average molecular weight is 266 g/mol. The van der Waals surface area contributed by atoms with Crippen molar-refractivity contribution >= 4 is 5.91 Å². The SMILES string of the molecule is CCNCC1CCN(C(=O)CCC(F)(F)F)CC1. The van der Waals surface area contributed by atoms with Gasteiger partial charge in [-0.25, -0.2) is 0 Å². The van der Waals surface area contributed by atoms with Crippen molar-refractivity contribution in [2.45, 2.75) is 38.8 Å². The van der Waals surface area contributed by atoms with E-state index in [9.17, 15) is 18.0 Å². The molecule has 0 aromatic rings. The molecule has 1 heterocycles. The molecule has 1 aliphatic heterocycles. The van der Waals surface area contributed by atoms with Gasteiger partial charge in [-0.1, -0.05) is 6.92 Å². The zero-order chi connectivity index (χ0) is 13.6. The Hall–Kier alpha value is -0.780. The summed E-state index contributed by atoms with van der Waals surface area (Å²) in [4.78, 5) is 13.1. The zero-order valence-electron chi connectivity index (χ0n) is 10.7. The van der Waals surface area contributed by atoms with Crippen LogP contribution in [0, 0.1) is 5.92 Å². The van der Waals surface area contributed by atoms with Crippen LogP contribution in [-0.4, -0.2) is 43.2 Å². The van der Waals surface area contributed by atoms with Crippen molar-refractivity contribution in [1.82, 2.24) is 10.2 Å². The first-order valence-corrected chi connectivity index (χ1v) is 6.47. The largest absolute Gasteiger partial charge is 0.389 e. The Balaban J connectivity index is 2.23.